The van der Waals surface area contributed by atoms with Crippen molar-refractivity contribution in [1.29, 1.82) is 0 Å². The molecule has 2 rings (SSSR count). The summed E-state index contributed by atoms with van der Waals surface area (Å²) in [6.07, 6.45) is 3.96. The van der Waals surface area contributed by atoms with Crippen molar-refractivity contribution in [2.75, 3.05) is 6.54 Å². The SMILES string of the molecule is CC(C)C(CN)c1cn2cccc(Cl)c2n1. The second kappa shape index (κ2) is 4.44. The molecule has 0 aliphatic carbocycles. The Morgan fingerprint density at radius 2 is 2.25 bits per heavy atom. The smallest absolute Gasteiger partial charge is 0.155 e. The number of rotatable bonds is 3. The number of halogens is 1. The third-order valence-electron chi connectivity index (χ3n) is 2.89. The summed E-state index contributed by atoms with van der Waals surface area (Å²) in [5.41, 5.74) is 7.61. The van der Waals surface area contributed by atoms with Crippen molar-refractivity contribution in [2.45, 2.75) is 19.8 Å². The number of aromatic nitrogens is 2. The average molecular weight is 238 g/mol. The van der Waals surface area contributed by atoms with Crippen molar-refractivity contribution in [3.8, 4) is 0 Å². The van der Waals surface area contributed by atoms with Gasteiger partial charge in [-0.3, -0.25) is 0 Å². The second-order valence-electron chi connectivity index (χ2n) is 4.34. The number of hydrogen-bond donors (Lipinski definition) is 1. The predicted molar refractivity (Wildman–Crippen MR) is 66.8 cm³/mol. The van der Waals surface area contributed by atoms with E-state index in [2.05, 4.69) is 18.8 Å². The lowest BCUT2D eigenvalue weighted by Gasteiger charge is -2.15. The molecular formula is C12H16ClN3. The predicted octanol–water partition coefficient (Wildman–Crippen LogP) is 2.69. The van der Waals surface area contributed by atoms with Crippen LogP contribution in [0.4, 0.5) is 0 Å². The lowest BCUT2D eigenvalue weighted by atomic mass is 9.93. The van der Waals surface area contributed by atoms with Gasteiger partial charge in [-0.25, -0.2) is 4.98 Å². The zero-order chi connectivity index (χ0) is 11.7. The number of hydrogen-bond acceptors (Lipinski definition) is 2. The van der Waals surface area contributed by atoms with Gasteiger partial charge in [0.2, 0.25) is 0 Å². The minimum Gasteiger partial charge on any atom is -0.330 e. The Kier molecular flexibility index (Phi) is 3.17. The lowest BCUT2D eigenvalue weighted by molar-refractivity contribution is 0.497. The van der Waals surface area contributed by atoms with Gasteiger partial charge < -0.3 is 10.1 Å². The Morgan fingerprint density at radius 1 is 1.50 bits per heavy atom. The van der Waals surface area contributed by atoms with Crippen molar-refractivity contribution < 1.29 is 0 Å². The second-order valence-corrected chi connectivity index (χ2v) is 4.75. The maximum Gasteiger partial charge on any atom is 0.155 e. The third kappa shape index (κ3) is 1.93. The summed E-state index contributed by atoms with van der Waals surface area (Å²) in [5.74, 6) is 0.768. The largest absolute Gasteiger partial charge is 0.330 e. The van der Waals surface area contributed by atoms with Crippen LogP contribution in [0.25, 0.3) is 5.65 Å². The molecule has 0 spiro atoms. The fraction of sp³-hybridized carbons (Fsp3) is 0.417. The van der Waals surface area contributed by atoms with E-state index < -0.39 is 0 Å². The van der Waals surface area contributed by atoms with Gasteiger partial charge in [0, 0.05) is 24.9 Å². The molecule has 86 valence electrons. The summed E-state index contributed by atoms with van der Waals surface area (Å²) >= 11 is 6.08. The summed E-state index contributed by atoms with van der Waals surface area (Å²) in [6, 6.07) is 3.76. The summed E-state index contributed by atoms with van der Waals surface area (Å²) in [7, 11) is 0. The molecule has 1 unspecified atom stereocenters. The quantitative estimate of drug-likeness (QED) is 0.892. The first kappa shape index (κ1) is 11.4. The molecule has 3 nitrogen and oxygen atoms in total. The molecule has 4 heteroatoms. The Balaban J connectivity index is 2.50. The normalized spacial score (nSPS) is 13.6. The monoisotopic (exact) mass is 237 g/mol. The molecule has 0 bridgehead atoms. The van der Waals surface area contributed by atoms with Gasteiger partial charge in [0.05, 0.1) is 10.7 Å². The summed E-state index contributed by atoms with van der Waals surface area (Å²) in [6.45, 7) is 4.92. The highest BCUT2D eigenvalue weighted by atomic mass is 35.5. The van der Waals surface area contributed by atoms with Crippen LogP contribution in [0.3, 0.4) is 0 Å². The van der Waals surface area contributed by atoms with Crippen LogP contribution in [0.1, 0.15) is 25.5 Å². The summed E-state index contributed by atoms with van der Waals surface area (Å²) in [5, 5.41) is 0.674. The van der Waals surface area contributed by atoms with Crippen LogP contribution in [-0.2, 0) is 0 Å². The maximum atomic E-state index is 6.08. The van der Waals surface area contributed by atoms with Crippen molar-refractivity contribution in [2.24, 2.45) is 11.7 Å². The van der Waals surface area contributed by atoms with Crippen LogP contribution in [-0.4, -0.2) is 15.9 Å². The van der Waals surface area contributed by atoms with Gasteiger partial charge in [-0.05, 0) is 18.1 Å². The van der Waals surface area contributed by atoms with E-state index in [0.717, 1.165) is 11.3 Å². The van der Waals surface area contributed by atoms with Crippen molar-refractivity contribution >= 4 is 17.2 Å². The topological polar surface area (TPSA) is 43.3 Å². The minimum absolute atomic E-state index is 0.288. The van der Waals surface area contributed by atoms with E-state index in [0.29, 0.717) is 17.5 Å². The Hall–Kier alpha value is -1.06. The molecule has 0 aromatic carbocycles. The molecule has 0 amide bonds. The molecule has 2 aromatic rings. The van der Waals surface area contributed by atoms with Crippen LogP contribution in [0, 0.1) is 5.92 Å². The molecule has 2 aromatic heterocycles. The molecule has 0 aliphatic heterocycles. The highest BCUT2D eigenvalue weighted by Gasteiger charge is 2.17. The molecule has 0 saturated carbocycles. The number of fused-ring (bicyclic) bond motifs is 1. The number of nitrogens with two attached hydrogens (primary N) is 1. The van der Waals surface area contributed by atoms with E-state index in [1.54, 1.807) is 0 Å². The first-order chi connectivity index (χ1) is 7.63. The van der Waals surface area contributed by atoms with Gasteiger partial charge in [-0.1, -0.05) is 25.4 Å². The van der Waals surface area contributed by atoms with Crippen molar-refractivity contribution in [3.05, 3.63) is 35.2 Å². The highest BCUT2D eigenvalue weighted by Crippen LogP contribution is 2.25. The van der Waals surface area contributed by atoms with Crippen molar-refractivity contribution in [3.63, 3.8) is 0 Å². The van der Waals surface area contributed by atoms with E-state index in [-0.39, 0.29) is 5.92 Å². The van der Waals surface area contributed by atoms with E-state index >= 15 is 0 Å². The Morgan fingerprint density at radius 3 is 2.81 bits per heavy atom. The molecule has 1 atom stereocenters. The molecule has 0 radical (unpaired) electrons. The molecule has 16 heavy (non-hydrogen) atoms. The van der Waals surface area contributed by atoms with E-state index in [1.165, 1.54) is 0 Å². The summed E-state index contributed by atoms with van der Waals surface area (Å²) in [4.78, 5) is 4.56. The van der Waals surface area contributed by atoms with Crippen LogP contribution >= 0.6 is 11.6 Å². The van der Waals surface area contributed by atoms with Gasteiger partial charge in [-0.15, -0.1) is 0 Å². The van der Waals surface area contributed by atoms with Gasteiger partial charge >= 0.3 is 0 Å². The van der Waals surface area contributed by atoms with E-state index in [1.807, 2.05) is 28.9 Å². The average Bonchev–Trinajstić information content (AvgIpc) is 2.63. The highest BCUT2D eigenvalue weighted by molar-refractivity contribution is 6.33. The lowest BCUT2D eigenvalue weighted by Crippen LogP contribution is -2.18. The Bertz CT molecular complexity index is 490. The van der Waals surface area contributed by atoms with Crippen LogP contribution in [0.15, 0.2) is 24.5 Å². The molecule has 2 heterocycles. The van der Waals surface area contributed by atoms with Gasteiger partial charge in [0.1, 0.15) is 0 Å². The molecule has 2 N–H and O–H groups in total. The van der Waals surface area contributed by atoms with Crippen LogP contribution < -0.4 is 5.73 Å². The molecule has 0 fully saturated rings. The zero-order valence-corrected chi connectivity index (χ0v) is 10.3. The number of pyridine rings is 1. The first-order valence-corrected chi connectivity index (χ1v) is 5.84. The van der Waals surface area contributed by atoms with Gasteiger partial charge in [0.15, 0.2) is 5.65 Å². The number of imidazole rings is 1. The van der Waals surface area contributed by atoms with Crippen molar-refractivity contribution in [1.82, 2.24) is 9.38 Å². The zero-order valence-electron chi connectivity index (χ0n) is 9.52. The Labute approximate surface area is 100 Å². The fourth-order valence-corrected chi connectivity index (χ4v) is 2.12. The third-order valence-corrected chi connectivity index (χ3v) is 3.19. The fourth-order valence-electron chi connectivity index (χ4n) is 1.91. The maximum absolute atomic E-state index is 6.08. The van der Waals surface area contributed by atoms with E-state index in [9.17, 15) is 0 Å². The van der Waals surface area contributed by atoms with Crippen LogP contribution in [0.2, 0.25) is 5.02 Å². The molecule has 0 saturated heterocycles. The minimum atomic E-state index is 0.288. The van der Waals surface area contributed by atoms with Gasteiger partial charge in [0.25, 0.3) is 0 Å². The first-order valence-electron chi connectivity index (χ1n) is 5.46. The van der Waals surface area contributed by atoms with Crippen LogP contribution in [0.5, 0.6) is 0 Å². The molecule has 0 aliphatic rings. The standard InChI is InChI=1S/C12H16ClN3/c1-8(2)9(6-14)11-7-16-5-3-4-10(13)12(16)15-11/h3-5,7-9H,6,14H2,1-2H3. The number of nitrogens with zero attached hydrogens (tertiary/aromatic N) is 2. The van der Waals surface area contributed by atoms with Gasteiger partial charge in [-0.2, -0.15) is 0 Å². The molecular weight excluding hydrogens is 222 g/mol. The summed E-state index contributed by atoms with van der Waals surface area (Å²) < 4.78 is 1.95. The van der Waals surface area contributed by atoms with E-state index in [4.69, 9.17) is 17.3 Å².